The van der Waals surface area contributed by atoms with Crippen LogP contribution in [0.3, 0.4) is 0 Å². The second-order valence-electron chi connectivity index (χ2n) is 3.86. The number of nitrogens with zero attached hydrogens (tertiary/aromatic N) is 1. The minimum atomic E-state index is -0.994. The van der Waals surface area contributed by atoms with Crippen LogP contribution < -0.4 is 4.74 Å². The average Bonchev–Trinajstić information content (AvgIpc) is 2.42. The topological polar surface area (TPSA) is 72.6 Å². The Bertz CT molecular complexity index is 661. The van der Waals surface area contributed by atoms with Crippen molar-refractivity contribution in [1.82, 2.24) is 0 Å². The normalized spacial score (nSPS) is 10.3. The molecular weight excluding hydrogens is 272 g/mol. The number of hydrogen-bond donors (Lipinski definition) is 1. The summed E-state index contributed by atoms with van der Waals surface area (Å²) in [5.41, 5.74) is -0.298. The number of benzene rings is 2. The van der Waals surface area contributed by atoms with Gasteiger partial charge in [0.25, 0.3) is 5.69 Å². The Balaban J connectivity index is 2.38. The third-order valence-corrected chi connectivity index (χ3v) is 2.56. The zero-order valence-electron chi connectivity index (χ0n) is 10.0. The highest BCUT2D eigenvalue weighted by Crippen LogP contribution is 2.31. The van der Waals surface area contributed by atoms with E-state index >= 15 is 0 Å². The molecule has 0 bridgehead atoms. The van der Waals surface area contributed by atoms with Gasteiger partial charge in [0.1, 0.15) is 0 Å². The summed E-state index contributed by atoms with van der Waals surface area (Å²) in [5.74, 6) is -2.45. The molecule has 0 aliphatic heterocycles. The van der Waals surface area contributed by atoms with Gasteiger partial charge in [0.05, 0.1) is 17.6 Å². The Labute approximate surface area is 112 Å². The van der Waals surface area contributed by atoms with Gasteiger partial charge in [0, 0.05) is 11.6 Å². The van der Waals surface area contributed by atoms with Crippen molar-refractivity contribution in [2.75, 3.05) is 0 Å². The molecule has 0 atom stereocenters. The summed E-state index contributed by atoms with van der Waals surface area (Å²) in [4.78, 5) is 9.73. The molecule has 7 heteroatoms. The molecule has 1 N–H and O–H groups in total. The minimum Gasteiger partial charge on any atom is -0.451 e. The van der Waals surface area contributed by atoms with E-state index < -0.39 is 28.9 Å². The Morgan fingerprint density at radius 2 is 1.95 bits per heavy atom. The molecule has 0 spiro atoms. The number of rotatable bonds is 4. The van der Waals surface area contributed by atoms with Crippen molar-refractivity contribution in [1.29, 1.82) is 0 Å². The molecule has 0 aromatic heterocycles. The van der Waals surface area contributed by atoms with Gasteiger partial charge in [-0.1, -0.05) is 12.1 Å². The Morgan fingerprint density at radius 3 is 2.55 bits per heavy atom. The van der Waals surface area contributed by atoms with Crippen molar-refractivity contribution in [3.05, 3.63) is 63.7 Å². The van der Waals surface area contributed by atoms with Crippen LogP contribution in [0.1, 0.15) is 5.56 Å². The largest absolute Gasteiger partial charge is 0.451 e. The van der Waals surface area contributed by atoms with Gasteiger partial charge >= 0.3 is 0 Å². The maximum atomic E-state index is 13.6. The molecule has 0 radical (unpaired) electrons. The van der Waals surface area contributed by atoms with Crippen molar-refractivity contribution >= 4 is 5.69 Å². The summed E-state index contributed by atoms with van der Waals surface area (Å²) in [7, 11) is 0. The van der Waals surface area contributed by atoms with Gasteiger partial charge < -0.3 is 9.84 Å². The number of halogens is 2. The molecule has 2 rings (SSSR count). The van der Waals surface area contributed by atoms with Crippen LogP contribution in [0.4, 0.5) is 14.5 Å². The monoisotopic (exact) mass is 281 g/mol. The lowest BCUT2D eigenvalue weighted by molar-refractivity contribution is -0.385. The van der Waals surface area contributed by atoms with Gasteiger partial charge in [-0.05, 0) is 12.1 Å². The third kappa shape index (κ3) is 2.72. The molecule has 5 nitrogen and oxygen atoms in total. The Morgan fingerprint density at radius 1 is 1.20 bits per heavy atom. The standard InChI is InChI=1S/C13H9F2NO4/c14-10-3-1-2-8(7-17)13(10)20-12-5-4-9(16(18)19)6-11(12)15/h1-6,17H,7H2. The molecule has 0 aliphatic carbocycles. The molecular formula is C13H9F2NO4. The van der Waals surface area contributed by atoms with Crippen LogP contribution in [0.2, 0.25) is 0 Å². The minimum absolute atomic E-state index is 0.141. The third-order valence-electron chi connectivity index (χ3n) is 2.56. The van der Waals surface area contributed by atoms with E-state index in [2.05, 4.69) is 0 Å². The van der Waals surface area contributed by atoms with E-state index in [-0.39, 0.29) is 17.1 Å². The fraction of sp³-hybridized carbons (Fsp3) is 0.0769. The van der Waals surface area contributed by atoms with Crippen molar-refractivity contribution in [3.8, 4) is 11.5 Å². The molecule has 0 amide bonds. The second-order valence-corrected chi connectivity index (χ2v) is 3.86. The first-order chi connectivity index (χ1) is 9.52. The lowest BCUT2D eigenvalue weighted by Gasteiger charge is -2.11. The lowest BCUT2D eigenvalue weighted by atomic mass is 10.2. The summed E-state index contributed by atoms with van der Waals surface area (Å²) in [6, 6.07) is 6.63. The summed E-state index contributed by atoms with van der Waals surface area (Å²) in [6.45, 7) is -0.484. The number of hydrogen-bond acceptors (Lipinski definition) is 4. The number of aliphatic hydroxyl groups excluding tert-OH is 1. The number of para-hydroxylation sites is 1. The van der Waals surface area contributed by atoms with E-state index in [0.29, 0.717) is 6.07 Å². The second kappa shape index (κ2) is 5.62. The summed E-state index contributed by atoms with van der Waals surface area (Å²) in [5, 5.41) is 19.6. The predicted molar refractivity (Wildman–Crippen MR) is 65.5 cm³/mol. The molecule has 0 saturated carbocycles. The quantitative estimate of drug-likeness (QED) is 0.690. The van der Waals surface area contributed by atoms with E-state index in [1.54, 1.807) is 0 Å². The molecule has 0 heterocycles. The number of ether oxygens (including phenoxy) is 1. The van der Waals surface area contributed by atoms with Gasteiger partial charge in [-0.25, -0.2) is 8.78 Å². The molecule has 0 aliphatic rings. The fourth-order valence-corrected chi connectivity index (χ4v) is 1.59. The number of non-ortho nitro benzene ring substituents is 1. The molecule has 2 aromatic rings. The van der Waals surface area contributed by atoms with Crippen LogP contribution in [0.15, 0.2) is 36.4 Å². The van der Waals surface area contributed by atoms with E-state index in [4.69, 9.17) is 9.84 Å². The SMILES string of the molecule is O=[N+]([O-])c1ccc(Oc2c(F)cccc2CO)c(F)c1. The van der Waals surface area contributed by atoms with Gasteiger partial charge in [-0.15, -0.1) is 0 Å². The zero-order valence-corrected chi connectivity index (χ0v) is 10.0. The Hall–Kier alpha value is -2.54. The van der Waals surface area contributed by atoms with Gasteiger partial charge in [-0.2, -0.15) is 0 Å². The van der Waals surface area contributed by atoms with E-state index in [1.165, 1.54) is 12.1 Å². The van der Waals surface area contributed by atoms with Crippen LogP contribution in [-0.2, 0) is 6.61 Å². The molecule has 0 fully saturated rings. The van der Waals surface area contributed by atoms with Gasteiger partial charge in [0.2, 0.25) is 0 Å². The van der Waals surface area contributed by atoms with Crippen LogP contribution in [0.25, 0.3) is 0 Å². The van der Waals surface area contributed by atoms with Crippen molar-refractivity contribution < 1.29 is 23.5 Å². The first-order valence-corrected chi connectivity index (χ1v) is 5.53. The first-order valence-electron chi connectivity index (χ1n) is 5.53. The Kier molecular flexibility index (Phi) is 3.90. The van der Waals surface area contributed by atoms with Crippen molar-refractivity contribution in [3.63, 3.8) is 0 Å². The molecule has 2 aromatic carbocycles. The highest BCUT2D eigenvalue weighted by atomic mass is 19.1. The van der Waals surface area contributed by atoms with E-state index in [1.807, 2.05) is 0 Å². The van der Waals surface area contributed by atoms with E-state index in [0.717, 1.165) is 18.2 Å². The fourth-order valence-electron chi connectivity index (χ4n) is 1.59. The lowest BCUT2D eigenvalue weighted by Crippen LogP contribution is -1.97. The number of aliphatic hydroxyl groups is 1. The van der Waals surface area contributed by atoms with E-state index in [9.17, 15) is 18.9 Å². The first kappa shape index (κ1) is 13.9. The smallest absolute Gasteiger partial charge is 0.272 e. The highest BCUT2D eigenvalue weighted by Gasteiger charge is 2.15. The predicted octanol–water partition coefficient (Wildman–Crippen LogP) is 3.16. The molecule has 20 heavy (non-hydrogen) atoms. The van der Waals surface area contributed by atoms with Crippen LogP contribution in [0, 0.1) is 21.7 Å². The highest BCUT2D eigenvalue weighted by molar-refractivity contribution is 5.42. The molecule has 0 saturated heterocycles. The maximum absolute atomic E-state index is 13.6. The summed E-state index contributed by atoms with van der Waals surface area (Å²) in [6.07, 6.45) is 0. The van der Waals surface area contributed by atoms with Crippen molar-refractivity contribution in [2.45, 2.75) is 6.61 Å². The number of nitro groups is 1. The molecule has 104 valence electrons. The summed E-state index contributed by atoms with van der Waals surface area (Å²) >= 11 is 0. The van der Waals surface area contributed by atoms with Crippen molar-refractivity contribution in [2.24, 2.45) is 0 Å². The number of nitro benzene ring substituents is 1. The van der Waals surface area contributed by atoms with Gasteiger partial charge in [-0.3, -0.25) is 10.1 Å². The molecule has 0 unspecified atom stereocenters. The van der Waals surface area contributed by atoms with Crippen LogP contribution in [0.5, 0.6) is 11.5 Å². The summed E-state index contributed by atoms with van der Waals surface area (Å²) < 4.78 is 32.3. The van der Waals surface area contributed by atoms with Crippen LogP contribution >= 0.6 is 0 Å². The van der Waals surface area contributed by atoms with Crippen LogP contribution in [-0.4, -0.2) is 10.0 Å². The van der Waals surface area contributed by atoms with Gasteiger partial charge in [0.15, 0.2) is 23.1 Å². The maximum Gasteiger partial charge on any atom is 0.272 e. The average molecular weight is 281 g/mol. The zero-order chi connectivity index (χ0) is 14.7.